The molecule has 5 nitrogen and oxygen atoms in total. The van der Waals surface area contributed by atoms with Gasteiger partial charge >= 0.3 is 5.97 Å². The topological polar surface area (TPSA) is 81.4 Å². The van der Waals surface area contributed by atoms with E-state index < -0.39 is 5.82 Å². The minimum Gasteiger partial charge on any atom is -0.466 e. The lowest BCUT2D eigenvalue weighted by Crippen LogP contribution is -2.26. The van der Waals surface area contributed by atoms with Gasteiger partial charge in [0.1, 0.15) is 5.82 Å². The van der Waals surface area contributed by atoms with E-state index in [2.05, 4.69) is 5.32 Å². The van der Waals surface area contributed by atoms with E-state index in [1.807, 2.05) is 0 Å². The fraction of sp³-hybridized carbons (Fsp3) is 0.385. The summed E-state index contributed by atoms with van der Waals surface area (Å²) in [6.45, 7) is 2.41. The van der Waals surface area contributed by atoms with Crippen molar-refractivity contribution in [2.45, 2.75) is 19.8 Å². The molecule has 1 aromatic carbocycles. The van der Waals surface area contributed by atoms with E-state index in [0.29, 0.717) is 19.6 Å². The third-order valence-electron chi connectivity index (χ3n) is 2.41. The molecule has 1 rings (SSSR count). The van der Waals surface area contributed by atoms with Crippen molar-refractivity contribution >= 4 is 17.6 Å². The Bertz CT molecular complexity index is 463. The van der Waals surface area contributed by atoms with Gasteiger partial charge in [0.25, 0.3) is 5.91 Å². The van der Waals surface area contributed by atoms with E-state index >= 15 is 0 Å². The highest BCUT2D eigenvalue weighted by Gasteiger charge is 2.10. The Kier molecular flexibility index (Phi) is 5.78. The van der Waals surface area contributed by atoms with Crippen LogP contribution in [0.3, 0.4) is 0 Å². The van der Waals surface area contributed by atoms with Crippen molar-refractivity contribution in [1.82, 2.24) is 5.32 Å². The number of halogens is 1. The van der Waals surface area contributed by atoms with E-state index in [4.69, 9.17) is 10.5 Å². The fourth-order valence-corrected chi connectivity index (χ4v) is 1.50. The lowest BCUT2D eigenvalue weighted by atomic mass is 10.1. The summed E-state index contributed by atoms with van der Waals surface area (Å²) in [6.07, 6.45) is 0.721. The third kappa shape index (κ3) is 4.95. The maximum atomic E-state index is 12.8. The summed E-state index contributed by atoms with van der Waals surface area (Å²) in [6, 6.07) is 3.59. The van der Waals surface area contributed by atoms with Gasteiger partial charge in [0, 0.05) is 18.7 Å². The van der Waals surface area contributed by atoms with Crippen LogP contribution < -0.4 is 11.1 Å². The number of nitrogens with one attached hydrogen (secondary N) is 1. The molecule has 0 atom stereocenters. The first-order valence-corrected chi connectivity index (χ1v) is 6.03. The Morgan fingerprint density at radius 1 is 1.42 bits per heavy atom. The Balaban J connectivity index is 2.37. The Hall–Kier alpha value is -2.11. The second kappa shape index (κ2) is 7.35. The monoisotopic (exact) mass is 268 g/mol. The summed E-state index contributed by atoms with van der Waals surface area (Å²) in [5, 5.41) is 2.61. The van der Waals surface area contributed by atoms with Crippen LogP contribution in [0.15, 0.2) is 18.2 Å². The van der Waals surface area contributed by atoms with Gasteiger partial charge in [0.2, 0.25) is 0 Å². The summed E-state index contributed by atoms with van der Waals surface area (Å²) in [7, 11) is 0. The molecular formula is C13H17FN2O3. The van der Waals surface area contributed by atoms with Gasteiger partial charge in [0.05, 0.1) is 12.2 Å². The predicted molar refractivity (Wildman–Crippen MR) is 69.0 cm³/mol. The number of ether oxygens (including phenoxy) is 1. The van der Waals surface area contributed by atoms with Crippen molar-refractivity contribution in [3.63, 3.8) is 0 Å². The second-order valence-electron chi connectivity index (χ2n) is 3.90. The van der Waals surface area contributed by atoms with Crippen LogP contribution in [0, 0.1) is 5.82 Å². The molecule has 0 aliphatic heterocycles. The minimum atomic E-state index is -0.489. The number of hydrogen-bond donors (Lipinski definition) is 2. The van der Waals surface area contributed by atoms with Crippen molar-refractivity contribution in [1.29, 1.82) is 0 Å². The maximum absolute atomic E-state index is 12.8. The average molecular weight is 268 g/mol. The summed E-state index contributed by atoms with van der Waals surface area (Å²) in [4.78, 5) is 22.8. The SMILES string of the molecule is CCOC(=O)CCCNC(=O)c1ccc(F)cc1N. The normalized spacial score (nSPS) is 10.0. The first kappa shape index (κ1) is 14.9. The molecule has 1 amide bonds. The molecule has 0 aliphatic carbocycles. The maximum Gasteiger partial charge on any atom is 0.305 e. The first-order valence-electron chi connectivity index (χ1n) is 6.03. The molecule has 0 saturated carbocycles. The van der Waals surface area contributed by atoms with Crippen LogP contribution >= 0.6 is 0 Å². The largest absolute Gasteiger partial charge is 0.466 e. The molecule has 0 heterocycles. The molecule has 104 valence electrons. The van der Waals surface area contributed by atoms with Crippen LogP contribution in [0.2, 0.25) is 0 Å². The van der Waals surface area contributed by atoms with Gasteiger partial charge in [-0.15, -0.1) is 0 Å². The number of carbonyl (C=O) groups is 2. The molecule has 0 spiro atoms. The zero-order valence-electron chi connectivity index (χ0n) is 10.7. The quantitative estimate of drug-likeness (QED) is 0.465. The molecule has 1 aromatic rings. The highest BCUT2D eigenvalue weighted by molar-refractivity contribution is 5.99. The van der Waals surface area contributed by atoms with Gasteiger partial charge < -0.3 is 15.8 Å². The Morgan fingerprint density at radius 2 is 2.16 bits per heavy atom. The summed E-state index contributed by atoms with van der Waals surface area (Å²) < 4.78 is 17.6. The molecular weight excluding hydrogens is 251 g/mol. The summed E-state index contributed by atoms with van der Waals surface area (Å²) in [5.41, 5.74) is 5.85. The zero-order valence-corrected chi connectivity index (χ0v) is 10.7. The number of amides is 1. The number of nitrogens with two attached hydrogens (primary N) is 1. The second-order valence-corrected chi connectivity index (χ2v) is 3.90. The lowest BCUT2D eigenvalue weighted by molar-refractivity contribution is -0.143. The van der Waals surface area contributed by atoms with E-state index in [-0.39, 0.29) is 29.5 Å². The van der Waals surface area contributed by atoms with Crippen LogP contribution in [-0.2, 0) is 9.53 Å². The molecule has 6 heteroatoms. The number of hydrogen-bond acceptors (Lipinski definition) is 4. The van der Waals surface area contributed by atoms with Crippen molar-refractivity contribution in [2.24, 2.45) is 0 Å². The standard InChI is InChI=1S/C13H17FN2O3/c1-2-19-12(17)4-3-7-16-13(18)10-6-5-9(14)8-11(10)15/h5-6,8H,2-4,7,15H2,1H3,(H,16,18). The number of carbonyl (C=O) groups excluding carboxylic acids is 2. The Labute approximate surface area is 110 Å². The molecule has 0 unspecified atom stereocenters. The van der Waals surface area contributed by atoms with E-state index in [1.165, 1.54) is 12.1 Å². The first-order chi connectivity index (χ1) is 9.04. The van der Waals surface area contributed by atoms with E-state index in [0.717, 1.165) is 6.07 Å². The summed E-state index contributed by atoms with van der Waals surface area (Å²) >= 11 is 0. The van der Waals surface area contributed by atoms with Gasteiger partial charge in [-0.2, -0.15) is 0 Å². The minimum absolute atomic E-state index is 0.0860. The molecule has 0 bridgehead atoms. The number of benzene rings is 1. The van der Waals surface area contributed by atoms with Crippen LogP contribution in [0.5, 0.6) is 0 Å². The zero-order chi connectivity index (χ0) is 14.3. The van der Waals surface area contributed by atoms with Crippen LogP contribution in [0.25, 0.3) is 0 Å². The predicted octanol–water partition coefficient (Wildman–Crippen LogP) is 1.48. The average Bonchev–Trinajstić information content (AvgIpc) is 2.34. The van der Waals surface area contributed by atoms with Crippen molar-refractivity contribution in [3.05, 3.63) is 29.6 Å². The fourth-order valence-electron chi connectivity index (χ4n) is 1.50. The Morgan fingerprint density at radius 3 is 2.79 bits per heavy atom. The number of anilines is 1. The molecule has 3 N–H and O–H groups in total. The van der Waals surface area contributed by atoms with Gasteiger partial charge in [-0.25, -0.2) is 4.39 Å². The molecule has 0 aliphatic rings. The molecule has 0 saturated heterocycles. The third-order valence-corrected chi connectivity index (χ3v) is 2.41. The molecule has 19 heavy (non-hydrogen) atoms. The summed E-state index contributed by atoms with van der Waals surface area (Å²) in [5.74, 6) is -1.17. The lowest BCUT2D eigenvalue weighted by Gasteiger charge is -2.07. The van der Waals surface area contributed by atoms with Crippen molar-refractivity contribution < 1.29 is 18.7 Å². The van der Waals surface area contributed by atoms with E-state index in [9.17, 15) is 14.0 Å². The number of nitrogen functional groups attached to an aromatic ring is 1. The molecule has 0 aromatic heterocycles. The van der Waals surface area contributed by atoms with Gasteiger partial charge in [-0.05, 0) is 31.5 Å². The van der Waals surface area contributed by atoms with Crippen LogP contribution in [0.1, 0.15) is 30.1 Å². The highest BCUT2D eigenvalue weighted by atomic mass is 19.1. The number of esters is 1. The van der Waals surface area contributed by atoms with Gasteiger partial charge in [-0.1, -0.05) is 0 Å². The number of rotatable bonds is 6. The van der Waals surface area contributed by atoms with Crippen molar-refractivity contribution in [3.8, 4) is 0 Å². The van der Waals surface area contributed by atoms with Gasteiger partial charge in [-0.3, -0.25) is 9.59 Å². The van der Waals surface area contributed by atoms with Crippen molar-refractivity contribution in [2.75, 3.05) is 18.9 Å². The van der Waals surface area contributed by atoms with Gasteiger partial charge in [0.15, 0.2) is 0 Å². The highest BCUT2D eigenvalue weighted by Crippen LogP contribution is 2.13. The van der Waals surface area contributed by atoms with E-state index in [1.54, 1.807) is 6.92 Å². The van der Waals surface area contributed by atoms with Crippen LogP contribution in [0.4, 0.5) is 10.1 Å². The smallest absolute Gasteiger partial charge is 0.305 e. The molecule has 0 radical (unpaired) electrons. The van der Waals surface area contributed by atoms with Crippen LogP contribution in [-0.4, -0.2) is 25.0 Å². The molecule has 0 fully saturated rings.